The standard InChI is InChI=1S/C13H13Cl2NO3/c14-10-4-3-9(6-11(10)15)16-12(17)7-1-2-8(5-7)13(18)19/h3-4,6-8H,1-2,5H2,(H,16,17)(H,18,19)/t7-,8+/m0/s1. The van der Waals surface area contributed by atoms with Gasteiger partial charge in [-0.2, -0.15) is 0 Å². The van der Waals surface area contributed by atoms with Gasteiger partial charge in [0.15, 0.2) is 0 Å². The summed E-state index contributed by atoms with van der Waals surface area (Å²) >= 11 is 11.6. The highest BCUT2D eigenvalue weighted by molar-refractivity contribution is 6.42. The molecule has 102 valence electrons. The molecule has 0 aromatic heterocycles. The van der Waals surface area contributed by atoms with Gasteiger partial charge in [-0.3, -0.25) is 9.59 Å². The molecule has 1 aromatic carbocycles. The van der Waals surface area contributed by atoms with Crippen LogP contribution in [0.3, 0.4) is 0 Å². The predicted octanol–water partition coefficient (Wildman–Crippen LogP) is 3.43. The highest BCUT2D eigenvalue weighted by atomic mass is 35.5. The molecular weight excluding hydrogens is 289 g/mol. The van der Waals surface area contributed by atoms with E-state index in [2.05, 4.69) is 5.32 Å². The van der Waals surface area contributed by atoms with Crippen molar-refractivity contribution in [1.29, 1.82) is 0 Å². The van der Waals surface area contributed by atoms with Crippen molar-refractivity contribution in [2.75, 3.05) is 5.32 Å². The average molecular weight is 302 g/mol. The lowest BCUT2D eigenvalue weighted by Gasteiger charge is -2.11. The fraction of sp³-hybridized carbons (Fsp3) is 0.385. The van der Waals surface area contributed by atoms with Crippen LogP contribution in [0, 0.1) is 11.8 Å². The van der Waals surface area contributed by atoms with Crippen molar-refractivity contribution in [3.05, 3.63) is 28.2 Å². The molecule has 1 aliphatic rings. The van der Waals surface area contributed by atoms with Crippen molar-refractivity contribution >= 4 is 40.8 Å². The van der Waals surface area contributed by atoms with Crippen molar-refractivity contribution in [2.24, 2.45) is 11.8 Å². The molecule has 4 nitrogen and oxygen atoms in total. The molecule has 0 spiro atoms. The van der Waals surface area contributed by atoms with Gasteiger partial charge in [0.1, 0.15) is 0 Å². The molecule has 1 saturated carbocycles. The van der Waals surface area contributed by atoms with Crippen LogP contribution >= 0.6 is 23.2 Å². The molecule has 1 aliphatic carbocycles. The van der Waals surface area contributed by atoms with Crippen molar-refractivity contribution in [3.63, 3.8) is 0 Å². The van der Waals surface area contributed by atoms with Crippen molar-refractivity contribution in [1.82, 2.24) is 0 Å². The Morgan fingerprint density at radius 1 is 1.16 bits per heavy atom. The number of carbonyl (C=O) groups is 2. The second-order valence-electron chi connectivity index (χ2n) is 4.66. The maximum absolute atomic E-state index is 12.0. The fourth-order valence-corrected chi connectivity index (χ4v) is 2.56. The number of aliphatic carboxylic acids is 1. The lowest BCUT2D eigenvalue weighted by Crippen LogP contribution is -2.21. The minimum Gasteiger partial charge on any atom is -0.481 e. The number of amides is 1. The molecule has 0 radical (unpaired) electrons. The molecule has 1 amide bonds. The van der Waals surface area contributed by atoms with Crippen LogP contribution in [0.4, 0.5) is 5.69 Å². The fourth-order valence-electron chi connectivity index (χ4n) is 2.26. The summed E-state index contributed by atoms with van der Waals surface area (Å²) in [6.07, 6.45) is 1.54. The van der Waals surface area contributed by atoms with E-state index in [1.807, 2.05) is 0 Å². The molecule has 2 rings (SSSR count). The summed E-state index contributed by atoms with van der Waals surface area (Å²) in [5.74, 6) is -1.66. The quantitative estimate of drug-likeness (QED) is 0.899. The molecule has 19 heavy (non-hydrogen) atoms. The van der Waals surface area contributed by atoms with Crippen molar-refractivity contribution in [3.8, 4) is 0 Å². The van der Waals surface area contributed by atoms with Crippen LogP contribution in [-0.2, 0) is 9.59 Å². The molecule has 6 heteroatoms. The average Bonchev–Trinajstić information content (AvgIpc) is 2.83. The highest BCUT2D eigenvalue weighted by Crippen LogP contribution is 2.32. The Bertz CT molecular complexity index is 519. The molecule has 0 saturated heterocycles. The Kier molecular flexibility index (Phi) is 4.32. The topological polar surface area (TPSA) is 66.4 Å². The number of nitrogens with one attached hydrogen (secondary N) is 1. The Morgan fingerprint density at radius 3 is 2.42 bits per heavy atom. The van der Waals surface area contributed by atoms with Crippen LogP contribution in [0.5, 0.6) is 0 Å². The van der Waals surface area contributed by atoms with Crippen molar-refractivity contribution < 1.29 is 14.7 Å². The van der Waals surface area contributed by atoms with Gasteiger partial charge in [0, 0.05) is 11.6 Å². The Labute approximate surface area is 120 Å². The lowest BCUT2D eigenvalue weighted by molar-refractivity contribution is -0.141. The van der Waals surface area contributed by atoms with Gasteiger partial charge in [-0.25, -0.2) is 0 Å². The number of carboxylic acids is 1. The number of hydrogen-bond acceptors (Lipinski definition) is 2. The van der Waals surface area contributed by atoms with Crippen molar-refractivity contribution in [2.45, 2.75) is 19.3 Å². The van der Waals surface area contributed by atoms with Crippen LogP contribution < -0.4 is 5.32 Å². The number of rotatable bonds is 3. The van der Waals surface area contributed by atoms with Crippen LogP contribution in [0.15, 0.2) is 18.2 Å². The maximum Gasteiger partial charge on any atom is 0.306 e. The minimum absolute atomic E-state index is 0.165. The van der Waals surface area contributed by atoms with E-state index in [4.69, 9.17) is 28.3 Å². The SMILES string of the molecule is O=C(O)[C@@H]1CC[C@H](C(=O)Nc2ccc(Cl)c(Cl)c2)C1. The second kappa shape index (κ2) is 5.80. The van der Waals surface area contributed by atoms with E-state index in [-0.39, 0.29) is 11.8 Å². The van der Waals surface area contributed by atoms with E-state index in [9.17, 15) is 9.59 Å². The monoisotopic (exact) mass is 301 g/mol. The minimum atomic E-state index is -0.829. The third-order valence-corrected chi connectivity index (χ3v) is 4.08. The van der Waals surface area contributed by atoms with E-state index < -0.39 is 11.9 Å². The normalized spacial score (nSPS) is 22.2. The van der Waals surface area contributed by atoms with Gasteiger partial charge in [0.25, 0.3) is 0 Å². The van der Waals surface area contributed by atoms with Gasteiger partial charge in [-0.15, -0.1) is 0 Å². The first-order valence-electron chi connectivity index (χ1n) is 5.96. The first kappa shape index (κ1) is 14.2. The van der Waals surface area contributed by atoms with E-state index in [0.717, 1.165) is 0 Å². The van der Waals surface area contributed by atoms with Gasteiger partial charge in [0.05, 0.1) is 16.0 Å². The van der Waals surface area contributed by atoms with E-state index in [1.165, 1.54) is 0 Å². The van der Waals surface area contributed by atoms with E-state index in [0.29, 0.717) is 35.0 Å². The number of anilines is 1. The summed E-state index contributed by atoms with van der Waals surface area (Å²) in [6.45, 7) is 0. The molecule has 0 heterocycles. The summed E-state index contributed by atoms with van der Waals surface area (Å²) in [5, 5.41) is 12.4. The molecule has 1 fully saturated rings. The van der Waals surface area contributed by atoms with Crippen LogP contribution in [-0.4, -0.2) is 17.0 Å². The Balaban J connectivity index is 1.98. The Morgan fingerprint density at radius 2 is 1.84 bits per heavy atom. The zero-order valence-electron chi connectivity index (χ0n) is 10.0. The molecule has 2 N–H and O–H groups in total. The number of hydrogen-bond donors (Lipinski definition) is 2. The summed E-state index contributed by atoms with van der Waals surface area (Å²) in [6, 6.07) is 4.84. The van der Waals surface area contributed by atoms with Crippen LogP contribution in [0.25, 0.3) is 0 Å². The molecule has 1 aromatic rings. The summed E-state index contributed by atoms with van der Waals surface area (Å²) in [4.78, 5) is 22.8. The summed E-state index contributed by atoms with van der Waals surface area (Å²) in [7, 11) is 0. The number of carboxylic acid groups (broad SMARTS) is 1. The number of benzene rings is 1. The first-order valence-corrected chi connectivity index (χ1v) is 6.71. The second-order valence-corrected chi connectivity index (χ2v) is 5.48. The zero-order valence-corrected chi connectivity index (χ0v) is 11.5. The smallest absolute Gasteiger partial charge is 0.306 e. The third kappa shape index (κ3) is 3.39. The summed E-state index contributed by atoms with van der Waals surface area (Å²) < 4.78 is 0. The molecule has 0 aliphatic heterocycles. The van der Waals surface area contributed by atoms with E-state index >= 15 is 0 Å². The maximum atomic E-state index is 12.0. The number of halogens is 2. The van der Waals surface area contributed by atoms with Gasteiger partial charge in [0.2, 0.25) is 5.91 Å². The Hall–Kier alpha value is -1.26. The van der Waals surface area contributed by atoms with Crippen LogP contribution in [0.2, 0.25) is 10.0 Å². The summed E-state index contributed by atoms with van der Waals surface area (Å²) in [5.41, 5.74) is 0.568. The molecule has 0 unspecified atom stereocenters. The highest BCUT2D eigenvalue weighted by Gasteiger charge is 2.33. The largest absolute Gasteiger partial charge is 0.481 e. The third-order valence-electron chi connectivity index (χ3n) is 3.34. The van der Waals surface area contributed by atoms with Gasteiger partial charge < -0.3 is 10.4 Å². The molecule has 0 bridgehead atoms. The first-order chi connectivity index (χ1) is 8.97. The lowest BCUT2D eigenvalue weighted by atomic mass is 10.0. The number of carbonyl (C=O) groups excluding carboxylic acids is 1. The molecule has 2 atom stereocenters. The van der Waals surface area contributed by atoms with Gasteiger partial charge >= 0.3 is 5.97 Å². The predicted molar refractivity (Wildman–Crippen MR) is 73.6 cm³/mol. The van der Waals surface area contributed by atoms with Crippen LogP contribution in [0.1, 0.15) is 19.3 Å². The van der Waals surface area contributed by atoms with E-state index in [1.54, 1.807) is 18.2 Å². The zero-order chi connectivity index (χ0) is 14.0. The van der Waals surface area contributed by atoms with Gasteiger partial charge in [-0.1, -0.05) is 23.2 Å². The van der Waals surface area contributed by atoms with Gasteiger partial charge in [-0.05, 0) is 37.5 Å². The molecular formula is C13H13Cl2NO3.